The third kappa shape index (κ3) is 3.61. The first kappa shape index (κ1) is 14.6. The van der Waals surface area contributed by atoms with Crippen LogP contribution in [0.15, 0.2) is 36.7 Å². The van der Waals surface area contributed by atoms with E-state index in [1.807, 2.05) is 24.5 Å². The van der Waals surface area contributed by atoms with E-state index in [1.165, 1.54) is 5.56 Å². The Bertz CT molecular complexity index is 536. The first-order valence-electron chi connectivity index (χ1n) is 7.20. The van der Waals surface area contributed by atoms with Gasteiger partial charge in [0.05, 0.1) is 0 Å². The van der Waals surface area contributed by atoms with Crippen LogP contribution in [0.25, 0.3) is 0 Å². The first-order chi connectivity index (χ1) is 9.74. The summed E-state index contributed by atoms with van der Waals surface area (Å²) in [4.78, 5) is 4.31. The second-order valence-electron chi connectivity index (χ2n) is 4.77. The molecule has 20 heavy (non-hydrogen) atoms. The van der Waals surface area contributed by atoms with E-state index in [2.05, 4.69) is 47.8 Å². The van der Waals surface area contributed by atoms with Gasteiger partial charge in [0.1, 0.15) is 18.2 Å². The Kier molecular flexibility index (Phi) is 5.18. The summed E-state index contributed by atoms with van der Waals surface area (Å²) in [5, 5.41) is 3.40. The van der Waals surface area contributed by atoms with Crippen molar-refractivity contribution in [2.45, 2.75) is 40.0 Å². The standard InChI is InChI=1S/C16H23N3O/c1-4-17-13(3)14-7-6-8-15(11-14)20-12-16-18-9-10-19(16)5-2/h6-11,13,17H,4-5,12H2,1-3H3. The highest BCUT2D eigenvalue weighted by molar-refractivity contribution is 5.30. The number of benzene rings is 1. The van der Waals surface area contributed by atoms with Crippen molar-refractivity contribution in [3.05, 3.63) is 48.0 Å². The van der Waals surface area contributed by atoms with Gasteiger partial charge in [0.25, 0.3) is 0 Å². The number of hydrogen-bond donors (Lipinski definition) is 1. The molecule has 1 atom stereocenters. The topological polar surface area (TPSA) is 39.1 Å². The summed E-state index contributed by atoms with van der Waals surface area (Å²) >= 11 is 0. The van der Waals surface area contributed by atoms with Crippen molar-refractivity contribution in [2.75, 3.05) is 6.54 Å². The molecule has 0 fully saturated rings. The summed E-state index contributed by atoms with van der Waals surface area (Å²) in [6, 6.07) is 8.56. The second-order valence-corrected chi connectivity index (χ2v) is 4.77. The third-order valence-corrected chi connectivity index (χ3v) is 3.38. The number of rotatable bonds is 7. The normalized spacial score (nSPS) is 12.3. The van der Waals surface area contributed by atoms with Gasteiger partial charge in [-0.15, -0.1) is 0 Å². The van der Waals surface area contributed by atoms with Crippen LogP contribution in [0.5, 0.6) is 5.75 Å². The fourth-order valence-corrected chi connectivity index (χ4v) is 2.21. The van der Waals surface area contributed by atoms with Crippen LogP contribution in [0.2, 0.25) is 0 Å². The summed E-state index contributed by atoms with van der Waals surface area (Å²) < 4.78 is 7.94. The monoisotopic (exact) mass is 273 g/mol. The molecule has 1 aromatic heterocycles. The average molecular weight is 273 g/mol. The Morgan fingerprint density at radius 3 is 2.95 bits per heavy atom. The predicted octanol–water partition coefficient (Wildman–Crippen LogP) is 3.15. The molecule has 0 spiro atoms. The fourth-order valence-electron chi connectivity index (χ4n) is 2.21. The number of aryl methyl sites for hydroxylation is 1. The lowest BCUT2D eigenvalue weighted by Gasteiger charge is -2.14. The molecule has 1 unspecified atom stereocenters. The van der Waals surface area contributed by atoms with Gasteiger partial charge in [-0.2, -0.15) is 0 Å². The molecule has 4 heteroatoms. The van der Waals surface area contributed by atoms with Gasteiger partial charge >= 0.3 is 0 Å². The minimum absolute atomic E-state index is 0.334. The van der Waals surface area contributed by atoms with Gasteiger partial charge in [-0.3, -0.25) is 0 Å². The van der Waals surface area contributed by atoms with Crippen molar-refractivity contribution in [1.29, 1.82) is 0 Å². The second kappa shape index (κ2) is 7.10. The van der Waals surface area contributed by atoms with Crippen molar-refractivity contribution in [3.63, 3.8) is 0 Å². The van der Waals surface area contributed by atoms with Crippen LogP contribution in [0.1, 0.15) is 38.2 Å². The smallest absolute Gasteiger partial charge is 0.146 e. The SMILES string of the molecule is CCNC(C)c1cccc(OCc2nccn2CC)c1. The average Bonchev–Trinajstić information content (AvgIpc) is 2.93. The summed E-state index contributed by atoms with van der Waals surface area (Å²) in [6.07, 6.45) is 3.79. The molecular weight excluding hydrogens is 250 g/mol. The molecule has 0 radical (unpaired) electrons. The number of nitrogens with one attached hydrogen (secondary N) is 1. The van der Waals surface area contributed by atoms with Crippen LogP contribution in [0.3, 0.4) is 0 Å². The lowest BCUT2D eigenvalue weighted by atomic mass is 10.1. The zero-order chi connectivity index (χ0) is 14.4. The molecule has 2 rings (SSSR count). The van der Waals surface area contributed by atoms with Gasteiger partial charge in [0.2, 0.25) is 0 Å². The highest BCUT2D eigenvalue weighted by Gasteiger charge is 2.06. The number of hydrogen-bond acceptors (Lipinski definition) is 3. The van der Waals surface area contributed by atoms with Crippen LogP contribution in [0, 0.1) is 0 Å². The molecular formula is C16H23N3O. The van der Waals surface area contributed by atoms with Crippen LogP contribution >= 0.6 is 0 Å². The summed E-state index contributed by atoms with van der Waals surface area (Å²) in [7, 11) is 0. The number of ether oxygens (including phenoxy) is 1. The predicted molar refractivity (Wildman–Crippen MR) is 80.8 cm³/mol. The van der Waals surface area contributed by atoms with Crippen LogP contribution in [-0.4, -0.2) is 16.1 Å². The summed E-state index contributed by atoms with van der Waals surface area (Å²) in [5.74, 6) is 1.84. The van der Waals surface area contributed by atoms with Gasteiger partial charge in [-0.25, -0.2) is 4.98 Å². The third-order valence-electron chi connectivity index (χ3n) is 3.38. The number of aromatic nitrogens is 2. The van der Waals surface area contributed by atoms with Gasteiger partial charge in [0.15, 0.2) is 0 Å². The summed E-state index contributed by atoms with van der Waals surface area (Å²) in [6.45, 7) is 8.74. The van der Waals surface area contributed by atoms with E-state index in [4.69, 9.17) is 4.74 Å². The molecule has 0 bridgehead atoms. The first-order valence-corrected chi connectivity index (χ1v) is 7.20. The van der Waals surface area contributed by atoms with Gasteiger partial charge in [-0.1, -0.05) is 19.1 Å². The maximum atomic E-state index is 5.85. The highest BCUT2D eigenvalue weighted by Crippen LogP contribution is 2.19. The highest BCUT2D eigenvalue weighted by atomic mass is 16.5. The van der Waals surface area contributed by atoms with Crippen molar-refractivity contribution in [2.24, 2.45) is 0 Å². The van der Waals surface area contributed by atoms with E-state index in [-0.39, 0.29) is 0 Å². The Morgan fingerprint density at radius 2 is 2.20 bits per heavy atom. The van der Waals surface area contributed by atoms with Crippen LogP contribution < -0.4 is 10.1 Å². The van der Waals surface area contributed by atoms with Gasteiger partial charge in [0, 0.05) is 25.0 Å². The molecule has 1 heterocycles. The molecule has 0 aliphatic carbocycles. The van der Waals surface area contributed by atoms with E-state index in [0.29, 0.717) is 12.6 Å². The lowest BCUT2D eigenvalue weighted by molar-refractivity contribution is 0.289. The van der Waals surface area contributed by atoms with Gasteiger partial charge in [-0.05, 0) is 38.1 Å². The van der Waals surface area contributed by atoms with Crippen molar-refractivity contribution in [1.82, 2.24) is 14.9 Å². The van der Waals surface area contributed by atoms with Crippen LogP contribution in [0.4, 0.5) is 0 Å². The zero-order valence-corrected chi connectivity index (χ0v) is 12.5. The number of imidazole rings is 1. The minimum atomic E-state index is 0.334. The molecule has 0 saturated carbocycles. The van der Waals surface area contributed by atoms with Gasteiger partial charge < -0.3 is 14.6 Å². The van der Waals surface area contributed by atoms with E-state index >= 15 is 0 Å². The molecule has 1 N–H and O–H groups in total. The largest absolute Gasteiger partial charge is 0.486 e. The van der Waals surface area contributed by atoms with Crippen molar-refractivity contribution >= 4 is 0 Å². The van der Waals surface area contributed by atoms with E-state index in [0.717, 1.165) is 24.7 Å². The molecule has 0 aliphatic heterocycles. The number of nitrogens with zero attached hydrogens (tertiary/aromatic N) is 2. The molecule has 2 aromatic rings. The Morgan fingerprint density at radius 1 is 1.35 bits per heavy atom. The Labute approximate surface area is 120 Å². The van der Waals surface area contributed by atoms with E-state index in [9.17, 15) is 0 Å². The van der Waals surface area contributed by atoms with E-state index < -0.39 is 0 Å². The molecule has 4 nitrogen and oxygen atoms in total. The maximum Gasteiger partial charge on any atom is 0.146 e. The quantitative estimate of drug-likeness (QED) is 0.842. The van der Waals surface area contributed by atoms with E-state index in [1.54, 1.807) is 0 Å². The molecule has 0 aliphatic rings. The minimum Gasteiger partial charge on any atom is -0.486 e. The molecule has 108 valence electrons. The maximum absolute atomic E-state index is 5.85. The summed E-state index contributed by atoms with van der Waals surface area (Å²) in [5.41, 5.74) is 1.24. The molecule has 1 aromatic carbocycles. The lowest BCUT2D eigenvalue weighted by Crippen LogP contribution is -2.17. The zero-order valence-electron chi connectivity index (χ0n) is 12.5. The van der Waals surface area contributed by atoms with Crippen LogP contribution in [-0.2, 0) is 13.2 Å². The molecule has 0 saturated heterocycles. The fraction of sp³-hybridized carbons (Fsp3) is 0.438. The Hall–Kier alpha value is -1.81. The Balaban J connectivity index is 2.01. The van der Waals surface area contributed by atoms with Crippen molar-refractivity contribution < 1.29 is 4.74 Å². The van der Waals surface area contributed by atoms with Crippen molar-refractivity contribution in [3.8, 4) is 5.75 Å². The molecule has 0 amide bonds.